The summed E-state index contributed by atoms with van der Waals surface area (Å²) in [6.45, 7) is 4.43. The highest BCUT2D eigenvalue weighted by atomic mass is 19.4. The third kappa shape index (κ3) is 4.63. The van der Waals surface area contributed by atoms with Crippen molar-refractivity contribution in [2.45, 2.75) is 33.1 Å². The Kier molecular flexibility index (Phi) is 5.68. The molecule has 1 atom stereocenters. The van der Waals surface area contributed by atoms with Crippen LogP contribution in [0.3, 0.4) is 0 Å². The van der Waals surface area contributed by atoms with Gasteiger partial charge in [-0.25, -0.2) is 4.98 Å². The van der Waals surface area contributed by atoms with Crippen molar-refractivity contribution in [1.29, 1.82) is 0 Å². The molecule has 1 amide bonds. The Morgan fingerprint density at radius 2 is 2.00 bits per heavy atom. The molecule has 32 heavy (non-hydrogen) atoms. The number of fused-ring (bicyclic) bond motifs is 1. The van der Waals surface area contributed by atoms with Crippen molar-refractivity contribution < 1.29 is 22.5 Å². The molecule has 12 heteroatoms. The van der Waals surface area contributed by atoms with Crippen molar-refractivity contribution in [1.82, 2.24) is 34.8 Å². The van der Waals surface area contributed by atoms with Gasteiger partial charge in [0.25, 0.3) is 0 Å². The first-order chi connectivity index (χ1) is 15.2. The average molecular weight is 447 g/mol. The van der Waals surface area contributed by atoms with E-state index < -0.39 is 17.9 Å². The number of imidazole rings is 1. The van der Waals surface area contributed by atoms with Crippen molar-refractivity contribution in [3.05, 3.63) is 59.8 Å². The molecular formula is C20H20F3N7O2. The predicted molar refractivity (Wildman–Crippen MR) is 107 cm³/mol. The van der Waals surface area contributed by atoms with Crippen molar-refractivity contribution in [3.8, 4) is 0 Å². The van der Waals surface area contributed by atoms with Gasteiger partial charge in [0.2, 0.25) is 5.82 Å². The second-order valence-electron chi connectivity index (χ2n) is 7.52. The van der Waals surface area contributed by atoms with Crippen LogP contribution in [0.1, 0.15) is 35.0 Å². The van der Waals surface area contributed by atoms with E-state index in [1.807, 2.05) is 26.1 Å². The average Bonchev–Trinajstić information content (AvgIpc) is 3.45. The van der Waals surface area contributed by atoms with Crippen LogP contribution in [0.5, 0.6) is 0 Å². The number of nitrogens with one attached hydrogen (secondary N) is 1. The van der Waals surface area contributed by atoms with Crippen LogP contribution < -0.4 is 5.32 Å². The highest BCUT2D eigenvalue weighted by Gasteiger charge is 2.38. The van der Waals surface area contributed by atoms with Crippen LogP contribution in [0.4, 0.5) is 13.2 Å². The lowest BCUT2D eigenvalue weighted by Crippen LogP contribution is -2.30. The number of alkyl halides is 3. The molecule has 0 aliphatic rings. The predicted octanol–water partition coefficient (Wildman–Crippen LogP) is 3.06. The summed E-state index contributed by atoms with van der Waals surface area (Å²) in [4.78, 5) is 20.0. The zero-order valence-electron chi connectivity index (χ0n) is 17.3. The molecule has 9 nitrogen and oxygen atoms in total. The van der Waals surface area contributed by atoms with Gasteiger partial charge in [-0.05, 0) is 31.0 Å². The van der Waals surface area contributed by atoms with Gasteiger partial charge in [0, 0.05) is 19.3 Å². The summed E-state index contributed by atoms with van der Waals surface area (Å²) in [6, 6.07) is 8.11. The van der Waals surface area contributed by atoms with E-state index in [-0.39, 0.29) is 35.2 Å². The van der Waals surface area contributed by atoms with Gasteiger partial charge in [-0.2, -0.15) is 23.3 Å². The molecule has 3 aromatic heterocycles. The van der Waals surface area contributed by atoms with Crippen LogP contribution in [0, 0.1) is 12.8 Å². The number of nitrogens with zero attached hydrogens (tertiary/aromatic N) is 6. The summed E-state index contributed by atoms with van der Waals surface area (Å²) in [7, 11) is 0. The largest absolute Gasteiger partial charge is 0.449 e. The number of hydrogen-bond acceptors (Lipinski definition) is 6. The standard InChI is InChI=1S/C20H20F3N7O2/c1-12(10-29-8-7-13(2)27-29)9-24-17(31)18-26-16(28-32-18)11-30-15-6-4-3-5-14(15)25-19(30)20(21,22)23/h3-8,12H,9-11H2,1-2H3,(H,24,31)/t12-/m1/s1. The van der Waals surface area contributed by atoms with E-state index in [9.17, 15) is 18.0 Å². The minimum Gasteiger partial charge on any atom is -0.347 e. The van der Waals surface area contributed by atoms with Gasteiger partial charge in [0.1, 0.15) is 0 Å². The molecule has 0 saturated carbocycles. The zero-order valence-corrected chi connectivity index (χ0v) is 17.3. The topological polar surface area (TPSA) is 104 Å². The number of benzene rings is 1. The van der Waals surface area contributed by atoms with Gasteiger partial charge < -0.3 is 14.4 Å². The molecule has 168 valence electrons. The monoisotopic (exact) mass is 447 g/mol. The lowest BCUT2D eigenvalue weighted by atomic mass is 10.2. The molecule has 0 aliphatic heterocycles. The van der Waals surface area contributed by atoms with Gasteiger partial charge in [-0.15, -0.1) is 0 Å². The smallest absolute Gasteiger partial charge is 0.347 e. The quantitative estimate of drug-likeness (QED) is 0.467. The second-order valence-corrected chi connectivity index (χ2v) is 7.52. The minimum atomic E-state index is -4.66. The minimum absolute atomic E-state index is 0.0659. The van der Waals surface area contributed by atoms with Crippen molar-refractivity contribution >= 4 is 16.9 Å². The van der Waals surface area contributed by atoms with Crippen LogP contribution in [0.15, 0.2) is 41.1 Å². The van der Waals surface area contributed by atoms with Crippen LogP contribution in [-0.2, 0) is 19.3 Å². The van der Waals surface area contributed by atoms with Crippen LogP contribution in [0.25, 0.3) is 11.0 Å². The maximum absolute atomic E-state index is 13.4. The molecule has 4 aromatic rings. The molecular weight excluding hydrogens is 427 g/mol. The molecule has 4 rings (SSSR count). The normalized spacial score (nSPS) is 12.9. The van der Waals surface area contributed by atoms with E-state index in [2.05, 4.69) is 25.5 Å². The number of carbonyl (C=O) groups excluding carboxylic acids is 1. The maximum atomic E-state index is 13.4. The maximum Gasteiger partial charge on any atom is 0.449 e. The summed E-state index contributed by atoms with van der Waals surface area (Å²) in [5.74, 6) is -1.98. The summed E-state index contributed by atoms with van der Waals surface area (Å²) < 4.78 is 48.0. The highest BCUT2D eigenvalue weighted by molar-refractivity contribution is 5.89. The van der Waals surface area contributed by atoms with Crippen molar-refractivity contribution in [3.63, 3.8) is 0 Å². The van der Waals surface area contributed by atoms with Gasteiger partial charge in [-0.1, -0.05) is 24.2 Å². The molecule has 0 spiro atoms. The molecule has 0 radical (unpaired) electrons. The van der Waals surface area contributed by atoms with E-state index in [0.29, 0.717) is 13.1 Å². The van der Waals surface area contributed by atoms with Crippen molar-refractivity contribution in [2.24, 2.45) is 5.92 Å². The van der Waals surface area contributed by atoms with Crippen LogP contribution in [-0.4, -0.2) is 41.9 Å². The number of amides is 1. The number of carbonyl (C=O) groups is 1. The fraction of sp³-hybridized carbons (Fsp3) is 0.350. The summed E-state index contributed by atoms with van der Waals surface area (Å²) in [5.41, 5.74) is 1.37. The first-order valence-corrected chi connectivity index (χ1v) is 9.84. The fourth-order valence-corrected chi connectivity index (χ4v) is 3.30. The zero-order chi connectivity index (χ0) is 22.9. The first kappa shape index (κ1) is 21.5. The van der Waals surface area contributed by atoms with E-state index in [0.717, 1.165) is 10.3 Å². The van der Waals surface area contributed by atoms with E-state index in [4.69, 9.17) is 4.52 Å². The Hall–Kier alpha value is -3.70. The lowest BCUT2D eigenvalue weighted by molar-refractivity contribution is -0.146. The molecule has 1 N–H and O–H groups in total. The molecule has 3 heterocycles. The van der Waals surface area contributed by atoms with E-state index >= 15 is 0 Å². The van der Waals surface area contributed by atoms with E-state index in [1.165, 1.54) is 12.1 Å². The van der Waals surface area contributed by atoms with Crippen molar-refractivity contribution in [2.75, 3.05) is 6.54 Å². The molecule has 0 fully saturated rings. The second kappa shape index (κ2) is 8.44. The fourth-order valence-electron chi connectivity index (χ4n) is 3.30. The number of aromatic nitrogens is 6. The molecule has 0 unspecified atom stereocenters. The Balaban J connectivity index is 1.43. The molecule has 0 aliphatic carbocycles. The van der Waals surface area contributed by atoms with Gasteiger partial charge >= 0.3 is 18.0 Å². The molecule has 0 bridgehead atoms. The van der Waals surface area contributed by atoms with Gasteiger partial charge in [0.15, 0.2) is 5.82 Å². The van der Waals surface area contributed by atoms with Crippen LogP contribution >= 0.6 is 0 Å². The number of rotatable bonds is 7. The van der Waals surface area contributed by atoms with Gasteiger partial charge in [0.05, 0.1) is 23.3 Å². The van der Waals surface area contributed by atoms with Crippen LogP contribution in [0.2, 0.25) is 0 Å². The SMILES string of the molecule is Cc1ccn(C[C@H](C)CNC(=O)c2nc(Cn3c(C(F)(F)F)nc4ccccc43)no2)n1. The Morgan fingerprint density at radius 1 is 1.22 bits per heavy atom. The third-order valence-electron chi connectivity index (χ3n) is 4.75. The number of aryl methyl sites for hydroxylation is 1. The van der Waals surface area contributed by atoms with Gasteiger partial charge in [-0.3, -0.25) is 9.48 Å². The first-order valence-electron chi connectivity index (χ1n) is 9.84. The lowest BCUT2D eigenvalue weighted by Gasteiger charge is -2.11. The van der Waals surface area contributed by atoms with E-state index in [1.54, 1.807) is 16.8 Å². The third-order valence-corrected chi connectivity index (χ3v) is 4.75. The summed E-state index contributed by atoms with van der Waals surface area (Å²) >= 11 is 0. The Bertz CT molecular complexity index is 1240. The number of para-hydroxylation sites is 2. The summed E-state index contributed by atoms with van der Waals surface area (Å²) in [6.07, 6.45) is -2.81. The molecule has 0 saturated heterocycles. The molecule has 1 aromatic carbocycles. The highest BCUT2D eigenvalue weighted by Crippen LogP contribution is 2.31. The number of hydrogen-bond donors (Lipinski definition) is 1. The summed E-state index contributed by atoms with van der Waals surface area (Å²) in [5, 5.41) is 10.6. The number of halogens is 3. The Labute approximate surface area is 180 Å². The Morgan fingerprint density at radius 3 is 2.72 bits per heavy atom.